The van der Waals surface area contributed by atoms with Crippen LogP contribution < -0.4 is 15.4 Å². The monoisotopic (exact) mass is 514 g/mol. The van der Waals surface area contributed by atoms with E-state index in [0.29, 0.717) is 18.1 Å². The largest absolute Gasteiger partial charge is 0.491 e. The maximum absolute atomic E-state index is 11.8. The molecule has 1 atom stereocenters. The molecule has 4 nitrogen and oxygen atoms in total. The number of allylic oxidation sites excluding steroid dienone is 2. The van der Waals surface area contributed by atoms with Crippen LogP contribution in [0.25, 0.3) is 0 Å². The smallest absolute Gasteiger partial charge is 0.248 e. The molecule has 3 rings (SSSR count). The molecule has 0 saturated carbocycles. The number of anilines is 1. The minimum Gasteiger partial charge on any atom is -0.491 e. The van der Waals surface area contributed by atoms with Crippen molar-refractivity contribution >= 4 is 35.0 Å². The third-order valence-corrected chi connectivity index (χ3v) is 7.37. The maximum atomic E-state index is 11.8. The Kier molecular flexibility index (Phi) is 11.9. The van der Waals surface area contributed by atoms with Crippen molar-refractivity contribution in [1.29, 1.82) is 0 Å². The summed E-state index contributed by atoms with van der Waals surface area (Å²) in [5.74, 6) is 2.10. The molecule has 0 aromatic heterocycles. The van der Waals surface area contributed by atoms with E-state index in [4.69, 9.17) is 22.1 Å². The van der Waals surface area contributed by atoms with E-state index in [0.717, 1.165) is 68.1 Å². The van der Waals surface area contributed by atoms with Crippen molar-refractivity contribution < 1.29 is 9.53 Å². The number of hydrogen-bond acceptors (Lipinski definition) is 4. The molecule has 1 aliphatic heterocycles. The first kappa shape index (κ1) is 27.5. The highest BCUT2D eigenvalue weighted by molar-refractivity contribution is 7.98. The van der Waals surface area contributed by atoms with E-state index in [1.54, 1.807) is 6.07 Å². The number of carbonyl (C=O) groups excluding carboxylic acids is 1. The van der Waals surface area contributed by atoms with Crippen LogP contribution in [0, 0.1) is 5.92 Å². The zero-order valence-corrected chi connectivity index (χ0v) is 22.5. The summed E-state index contributed by atoms with van der Waals surface area (Å²) in [6.45, 7) is 2.56. The van der Waals surface area contributed by atoms with Gasteiger partial charge in [-0.2, -0.15) is 11.8 Å². The van der Waals surface area contributed by atoms with Crippen molar-refractivity contribution in [1.82, 2.24) is 0 Å². The Hall–Kier alpha value is -2.11. The Morgan fingerprint density at radius 2 is 1.97 bits per heavy atom. The highest BCUT2D eigenvalue weighted by Gasteiger charge is 2.23. The van der Waals surface area contributed by atoms with Gasteiger partial charge in [0.2, 0.25) is 5.91 Å². The molecule has 1 unspecified atom stereocenters. The van der Waals surface area contributed by atoms with Crippen molar-refractivity contribution in [2.45, 2.75) is 51.4 Å². The van der Waals surface area contributed by atoms with Gasteiger partial charge in [-0.15, -0.1) is 0 Å². The zero-order chi connectivity index (χ0) is 24.9. The summed E-state index contributed by atoms with van der Waals surface area (Å²) < 4.78 is 6.21. The van der Waals surface area contributed by atoms with Crippen LogP contribution in [0.4, 0.5) is 5.69 Å². The number of benzene rings is 2. The summed E-state index contributed by atoms with van der Waals surface area (Å²) in [4.78, 5) is 14.2. The van der Waals surface area contributed by atoms with Crippen LogP contribution >= 0.6 is 23.4 Å². The highest BCUT2D eigenvalue weighted by Crippen LogP contribution is 2.34. The predicted molar refractivity (Wildman–Crippen MR) is 151 cm³/mol. The van der Waals surface area contributed by atoms with E-state index in [-0.39, 0.29) is 0 Å². The van der Waals surface area contributed by atoms with Crippen molar-refractivity contribution in [3.05, 3.63) is 70.8 Å². The summed E-state index contributed by atoms with van der Waals surface area (Å²) in [5, 5.41) is 0.794. The van der Waals surface area contributed by atoms with Crippen LogP contribution in [-0.4, -0.2) is 37.6 Å². The molecule has 1 aliphatic rings. The number of hydrogen-bond donors (Lipinski definition) is 1. The molecule has 35 heavy (non-hydrogen) atoms. The summed E-state index contributed by atoms with van der Waals surface area (Å²) in [6, 6.07) is 13.7. The number of unbranched alkanes of at least 4 members (excludes halogenated alkanes) is 3. The lowest BCUT2D eigenvalue weighted by atomic mass is 9.99. The highest BCUT2D eigenvalue weighted by atomic mass is 35.5. The lowest BCUT2D eigenvalue weighted by Crippen LogP contribution is -2.31. The summed E-state index contributed by atoms with van der Waals surface area (Å²) in [5.41, 5.74) is 8.37. The number of nitrogens with two attached hydrogens (primary N) is 1. The number of rotatable bonds is 14. The van der Waals surface area contributed by atoms with Gasteiger partial charge in [-0.05, 0) is 99.3 Å². The molecule has 0 bridgehead atoms. The van der Waals surface area contributed by atoms with Crippen molar-refractivity contribution in [3.63, 3.8) is 0 Å². The maximum Gasteiger partial charge on any atom is 0.248 e. The lowest BCUT2D eigenvalue weighted by molar-refractivity contribution is 0.100. The molecular formula is C29H39ClN2O2S. The van der Waals surface area contributed by atoms with Crippen LogP contribution in [0.1, 0.15) is 60.9 Å². The van der Waals surface area contributed by atoms with E-state index in [9.17, 15) is 4.79 Å². The first-order valence-corrected chi connectivity index (χ1v) is 14.5. The topological polar surface area (TPSA) is 55.6 Å². The van der Waals surface area contributed by atoms with E-state index in [1.165, 1.54) is 24.2 Å². The second-order valence-electron chi connectivity index (χ2n) is 9.29. The SMILES string of the molecule is CSCCC/C=C/CCCCN1CC(CCCc2cccc(Cl)c2)COc2ccc(C(N)=O)cc21. The fourth-order valence-corrected chi connectivity index (χ4v) is 5.20. The van der Waals surface area contributed by atoms with Crippen LogP contribution in [0.5, 0.6) is 5.75 Å². The number of amides is 1. The molecule has 1 amide bonds. The molecule has 2 N–H and O–H groups in total. The van der Waals surface area contributed by atoms with Crippen LogP contribution in [-0.2, 0) is 6.42 Å². The molecule has 6 heteroatoms. The van der Waals surface area contributed by atoms with Gasteiger partial charge in [0, 0.05) is 29.6 Å². The van der Waals surface area contributed by atoms with Crippen LogP contribution in [0.15, 0.2) is 54.6 Å². The van der Waals surface area contributed by atoms with Crippen LogP contribution in [0.2, 0.25) is 5.02 Å². The minimum atomic E-state index is -0.401. The molecule has 0 aliphatic carbocycles. The van der Waals surface area contributed by atoms with Gasteiger partial charge in [-0.1, -0.05) is 35.9 Å². The molecule has 1 heterocycles. The number of halogens is 1. The molecular weight excluding hydrogens is 476 g/mol. The van der Waals surface area contributed by atoms with E-state index in [2.05, 4.69) is 35.4 Å². The molecule has 2 aromatic carbocycles. The van der Waals surface area contributed by atoms with E-state index in [1.807, 2.05) is 36.0 Å². The van der Waals surface area contributed by atoms with Gasteiger partial charge in [0.15, 0.2) is 0 Å². The van der Waals surface area contributed by atoms with Gasteiger partial charge < -0.3 is 15.4 Å². The number of nitrogens with zero attached hydrogens (tertiary/aromatic N) is 1. The first-order chi connectivity index (χ1) is 17.1. The normalized spacial score (nSPS) is 15.6. The number of thioether (sulfide) groups is 1. The van der Waals surface area contributed by atoms with Gasteiger partial charge in [0.25, 0.3) is 0 Å². The zero-order valence-electron chi connectivity index (χ0n) is 20.9. The van der Waals surface area contributed by atoms with Gasteiger partial charge in [-0.25, -0.2) is 0 Å². The lowest BCUT2D eigenvalue weighted by Gasteiger charge is -2.27. The van der Waals surface area contributed by atoms with Gasteiger partial charge in [-0.3, -0.25) is 4.79 Å². The van der Waals surface area contributed by atoms with Gasteiger partial charge in [0.1, 0.15) is 5.75 Å². The average molecular weight is 515 g/mol. The number of primary amides is 1. The second-order valence-corrected chi connectivity index (χ2v) is 10.7. The van der Waals surface area contributed by atoms with Crippen LogP contribution in [0.3, 0.4) is 0 Å². The van der Waals surface area contributed by atoms with Crippen molar-refractivity contribution in [2.24, 2.45) is 11.7 Å². The average Bonchev–Trinajstić information content (AvgIpc) is 3.02. The Morgan fingerprint density at radius 1 is 1.14 bits per heavy atom. The molecule has 0 spiro atoms. The fourth-order valence-electron chi connectivity index (χ4n) is 4.53. The standard InChI is InChI=1S/C29H39ClN2O2S/c1-35-18-8-6-4-2-3-5-7-17-32-21-24(13-9-11-23-12-10-14-26(30)19-23)22-34-28-16-15-25(29(31)33)20-27(28)32/h2,4,10,12,14-16,19-20,24H,3,5-9,11,13,17-18,21-22H2,1H3,(H2,31,33)/b4-2+. The molecule has 0 saturated heterocycles. The number of fused-ring (bicyclic) bond motifs is 1. The van der Waals surface area contributed by atoms with Gasteiger partial charge in [0.05, 0.1) is 12.3 Å². The molecule has 2 aromatic rings. The van der Waals surface area contributed by atoms with Crippen molar-refractivity contribution in [3.8, 4) is 5.75 Å². The quantitative estimate of drug-likeness (QED) is 0.215. The molecule has 0 fully saturated rings. The Morgan fingerprint density at radius 3 is 2.74 bits per heavy atom. The molecule has 0 radical (unpaired) electrons. The Labute approximate surface area is 220 Å². The minimum absolute atomic E-state index is 0.401. The summed E-state index contributed by atoms with van der Waals surface area (Å²) in [7, 11) is 0. The Balaban J connectivity index is 1.57. The third kappa shape index (κ3) is 9.46. The second kappa shape index (κ2) is 15.1. The van der Waals surface area contributed by atoms with E-state index < -0.39 is 5.91 Å². The number of ether oxygens (including phenoxy) is 1. The number of carbonyl (C=O) groups is 1. The van der Waals surface area contributed by atoms with Crippen molar-refractivity contribution in [2.75, 3.05) is 36.6 Å². The van der Waals surface area contributed by atoms with E-state index >= 15 is 0 Å². The van der Waals surface area contributed by atoms with Gasteiger partial charge >= 0.3 is 0 Å². The third-order valence-electron chi connectivity index (χ3n) is 6.44. The summed E-state index contributed by atoms with van der Waals surface area (Å²) >= 11 is 8.05. The predicted octanol–water partition coefficient (Wildman–Crippen LogP) is 7.15. The number of aryl methyl sites for hydroxylation is 1. The summed E-state index contributed by atoms with van der Waals surface area (Å²) in [6.07, 6.45) is 15.8. The Bertz CT molecular complexity index is 965. The first-order valence-electron chi connectivity index (χ1n) is 12.8. The molecule has 190 valence electrons. The fraction of sp³-hybridized carbons (Fsp3) is 0.483.